The fraction of sp³-hybridized carbons (Fsp3) is 0.409. The normalized spacial score (nSPS) is 17.4. The summed E-state index contributed by atoms with van der Waals surface area (Å²) in [5.74, 6) is 1.93. The molecule has 5 rings (SSSR count). The highest BCUT2D eigenvalue weighted by atomic mass is 16.6. The minimum atomic E-state index is -0.170. The van der Waals surface area contributed by atoms with E-state index in [2.05, 4.69) is 25.1 Å². The van der Waals surface area contributed by atoms with Crippen molar-refractivity contribution in [2.45, 2.75) is 44.8 Å². The van der Waals surface area contributed by atoms with E-state index in [1.807, 2.05) is 30.5 Å². The van der Waals surface area contributed by atoms with Gasteiger partial charge in [-0.15, -0.1) is 0 Å². The van der Waals surface area contributed by atoms with Gasteiger partial charge in [0.25, 0.3) is 5.56 Å². The van der Waals surface area contributed by atoms with E-state index in [0.29, 0.717) is 25.5 Å². The Labute approximate surface area is 174 Å². The van der Waals surface area contributed by atoms with Crippen LogP contribution in [0.4, 0.5) is 5.95 Å². The maximum Gasteiger partial charge on any atom is 0.252 e. The van der Waals surface area contributed by atoms with Gasteiger partial charge >= 0.3 is 0 Å². The molecule has 2 aliphatic rings. The van der Waals surface area contributed by atoms with E-state index in [1.54, 1.807) is 6.07 Å². The highest BCUT2D eigenvalue weighted by Crippen LogP contribution is 2.30. The molecule has 8 heteroatoms. The monoisotopic (exact) mass is 407 g/mol. The molecule has 0 saturated heterocycles. The van der Waals surface area contributed by atoms with Crippen LogP contribution >= 0.6 is 0 Å². The van der Waals surface area contributed by atoms with Crippen LogP contribution in [0.1, 0.15) is 29.8 Å². The Hall–Kier alpha value is -3.29. The fourth-order valence-corrected chi connectivity index (χ4v) is 4.06. The van der Waals surface area contributed by atoms with Crippen molar-refractivity contribution < 1.29 is 9.47 Å². The molecule has 0 bridgehead atoms. The first-order chi connectivity index (χ1) is 14.7. The maximum absolute atomic E-state index is 12.1. The number of anilines is 1. The van der Waals surface area contributed by atoms with Crippen LogP contribution in [0, 0.1) is 0 Å². The Morgan fingerprint density at radius 1 is 1.20 bits per heavy atom. The number of hydrogen-bond donors (Lipinski definition) is 2. The van der Waals surface area contributed by atoms with E-state index >= 15 is 0 Å². The molecule has 3 aromatic rings. The molecule has 0 saturated carbocycles. The lowest BCUT2D eigenvalue weighted by atomic mass is 9.98. The molecule has 0 spiro atoms. The van der Waals surface area contributed by atoms with Gasteiger partial charge in [0.15, 0.2) is 11.5 Å². The number of aryl methyl sites for hydroxylation is 3. The van der Waals surface area contributed by atoms with Crippen molar-refractivity contribution in [3.05, 3.63) is 63.8 Å². The summed E-state index contributed by atoms with van der Waals surface area (Å²) >= 11 is 0. The maximum atomic E-state index is 12.1. The molecule has 1 aliphatic heterocycles. The molecule has 1 atom stereocenters. The van der Waals surface area contributed by atoms with Crippen molar-refractivity contribution in [2.75, 3.05) is 18.5 Å². The van der Waals surface area contributed by atoms with Crippen LogP contribution in [0.5, 0.6) is 11.5 Å². The topological polar surface area (TPSA) is 94.1 Å². The fourth-order valence-electron chi connectivity index (χ4n) is 4.06. The van der Waals surface area contributed by atoms with Crippen LogP contribution in [0.2, 0.25) is 0 Å². The van der Waals surface area contributed by atoms with E-state index in [0.717, 1.165) is 36.6 Å². The third-order valence-corrected chi connectivity index (χ3v) is 5.58. The standard InChI is InChI=1S/C22H25N5O3/c28-21-11-16(9-10-27-18-6-2-1-5-15(18)12-24-27)25-22(26-21)23-13-17-14-29-19-7-3-4-8-20(19)30-17/h3-4,7-8,11-12,17H,1-2,5-6,9-10,13-14H2,(H2,23,25,26,28)/t17-/m1/s1. The van der Waals surface area contributed by atoms with Gasteiger partial charge < -0.3 is 14.8 Å². The number of nitrogens with zero attached hydrogens (tertiary/aromatic N) is 3. The highest BCUT2D eigenvalue weighted by Gasteiger charge is 2.20. The van der Waals surface area contributed by atoms with Crippen molar-refractivity contribution in [1.82, 2.24) is 19.7 Å². The first-order valence-electron chi connectivity index (χ1n) is 10.5. The van der Waals surface area contributed by atoms with Gasteiger partial charge in [-0.05, 0) is 43.4 Å². The Morgan fingerprint density at radius 3 is 3.00 bits per heavy atom. The summed E-state index contributed by atoms with van der Waals surface area (Å²) in [6, 6.07) is 9.16. The Morgan fingerprint density at radius 2 is 2.07 bits per heavy atom. The first kappa shape index (κ1) is 18.7. The first-order valence-corrected chi connectivity index (χ1v) is 10.5. The van der Waals surface area contributed by atoms with Crippen molar-refractivity contribution in [3.8, 4) is 11.5 Å². The smallest absolute Gasteiger partial charge is 0.252 e. The molecule has 30 heavy (non-hydrogen) atoms. The van der Waals surface area contributed by atoms with E-state index < -0.39 is 0 Å². The SMILES string of the molecule is O=c1cc(CCn2ncc3c2CCCC3)nc(NC[C@@H]2COc3ccccc3O2)[nH]1. The number of rotatable bonds is 6. The predicted octanol–water partition coefficient (Wildman–Crippen LogP) is 2.34. The molecule has 1 aromatic carbocycles. The number of nitrogens with one attached hydrogen (secondary N) is 2. The molecule has 2 aromatic heterocycles. The summed E-state index contributed by atoms with van der Waals surface area (Å²) in [4.78, 5) is 19.4. The molecular formula is C22H25N5O3. The van der Waals surface area contributed by atoms with E-state index in [-0.39, 0.29) is 11.7 Å². The zero-order valence-corrected chi connectivity index (χ0v) is 16.8. The van der Waals surface area contributed by atoms with Crippen LogP contribution in [-0.4, -0.2) is 39.0 Å². The molecule has 2 N–H and O–H groups in total. The highest BCUT2D eigenvalue weighted by molar-refractivity contribution is 5.41. The molecular weight excluding hydrogens is 382 g/mol. The number of benzene rings is 1. The second-order valence-corrected chi connectivity index (χ2v) is 7.76. The van der Waals surface area contributed by atoms with Crippen LogP contribution in [0.15, 0.2) is 41.3 Å². The lowest BCUT2D eigenvalue weighted by Gasteiger charge is -2.26. The Balaban J connectivity index is 1.21. The van der Waals surface area contributed by atoms with Crippen LogP contribution < -0.4 is 20.3 Å². The zero-order chi connectivity index (χ0) is 20.3. The molecule has 1 aliphatic carbocycles. The quantitative estimate of drug-likeness (QED) is 0.651. The Kier molecular flexibility index (Phi) is 5.13. The summed E-state index contributed by atoms with van der Waals surface area (Å²) in [6.07, 6.45) is 7.13. The Bertz CT molecular complexity index is 1090. The van der Waals surface area contributed by atoms with Gasteiger partial charge in [0, 0.05) is 24.7 Å². The van der Waals surface area contributed by atoms with Gasteiger partial charge in [-0.25, -0.2) is 4.98 Å². The van der Waals surface area contributed by atoms with E-state index in [9.17, 15) is 4.79 Å². The number of para-hydroxylation sites is 2. The van der Waals surface area contributed by atoms with Gasteiger partial charge in [-0.2, -0.15) is 5.10 Å². The lowest BCUT2D eigenvalue weighted by Crippen LogP contribution is -2.35. The third-order valence-electron chi connectivity index (χ3n) is 5.58. The summed E-state index contributed by atoms with van der Waals surface area (Å²) < 4.78 is 13.7. The number of H-pyrrole nitrogens is 1. The molecule has 3 heterocycles. The van der Waals surface area contributed by atoms with Crippen LogP contribution in [0.3, 0.4) is 0 Å². The molecule has 8 nitrogen and oxygen atoms in total. The average Bonchev–Trinajstić information content (AvgIpc) is 3.19. The number of ether oxygens (including phenoxy) is 2. The molecule has 0 amide bonds. The zero-order valence-electron chi connectivity index (χ0n) is 16.8. The second-order valence-electron chi connectivity index (χ2n) is 7.76. The van der Waals surface area contributed by atoms with Gasteiger partial charge in [-0.1, -0.05) is 12.1 Å². The summed E-state index contributed by atoms with van der Waals surface area (Å²) in [5.41, 5.74) is 3.27. The average molecular weight is 407 g/mol. The van der Waals surface area contributed by atoms with Gasteiger partial charge in [0.2, 0.25) is 5.95 Å². The van der Waals surface area contributed by atoms with Crippen molar-refractivity contribution in [2.24, 2.45) is 0 Å². The molecule has 0 unspecified atom stereocenters. The van der Waals surface area contributed by atoms with Gasteiger partial charge in [0.05, 0.1) is 18.4 Å². The van der Waals surface area contributed by atoms with E-state index in [1.165, 1.54) is 24.1 Å². The van der Waals surface area contributed by atoms with Gasteiger partial charge in [-0.3, -0.25) is 14.5 Å². The summed E-state index contributed by atoms with van der Waals surface area (Å²) in [7, 11) is 0. The number of fused-ring (bicyclic) bond motifs is 2. The van der Waals surface area contributed by atoms with Gasteiger partial charge in [0.1, 0.15) is 12.7 Å². The third kappa shape index (κ3) is 4.03. The summed E-state index contributed by atoms with van der Waals surface area (Å²) in [5, 5.41) is 7.71. The number of aromatic nitrogens is 4. The molecule has 156 valence electrons. The second kappa shape index (κ2) is 8.22. The predicted molar refractivity (Wildman–Crippen MR) is 112 cm³/mol. The van der Waals surface area contributed by atoms with Crippen molar-refractivity contribution in [3.63, 3.8) is 0 Å². The molecule has 0 fully saturated rings. The van der Waals surface area contributed by atoms with Crippen LogP contribution in [0.25, 0.3) is 0 Å². The number of hydrogen-bond acceptors (Lipinski definition) is 6. The minimum Gasteiger partial charge on any atom is -0.486 e. The minimum absolute atomic E-state index is 0.163. The van der Waals surface area contributed by atoms with E-state index in [4.69, 9.17) is 9.47 Å². The number of aromatic amines is 1. The van der Waals surface area contributed by atoms with Crippen LogP contribution in [-0.2, 0) is 25.8 Å². The van der Waals surface area contributed by atoms with Crippen molar-refractivity contribution >= 4 is 5.95 Å². The summed E-state index contributed by atoms with van der Waals surface area (Å²) in [6.45, 7) is 1.65. The van der Waals surface area contributed by atoms with Crippen molar-refractivity contribution in [1.29, 1.82) is 0 Å². The molecule has 0 radical (unpaired) electrons. The lowest BCUT2D eigenvalue weighted by molar-refractivity contribution is 0.0996. The largest absolute Gasteiger partial charge is 0.486 e.